The van der Waals surface area contributed by atoms with Crippen LogP contribution in [0.1, 0.15) is 110 Å². The van der Waals surface area contributed by atoms with E-state index in [2.05, 4.69) is 17.7 Å². The summed E-state index contributed by atoms with van der Waals surface area (Å²) in [5, 5.41) is 0. The van der Waals surface area contributed by atoms with Crippen molar-refractivity contribution in [2.24, 2.45) is 5.92 Å². The van der Waals surface area contributed by atoms with E-state index in [4.69, 9.17) is 0 Å². The molecule has 1 atom stereocenters. The van der Waals surface area contributed by atoms with Gasteiger partial charge in [-0.2, -0.15) is 0 Å². The van der Waals surface area contributed by atoms with Crippen LogP contribution in [0.15, 0.2) is 11.6 Å². The molecular formula is C22H38O3. The molecule has 25 heavy (non-hydrogen) atoms. The van der Waals surface area contributed by atoms with Crippen LogP contribution in [0.2, 0.25) is 0 Å². The first-order valence-corrected chi connectivity index (χ1v) is 10.6. The Bertz CT molecular complexity index is 411. The maximum atomic E-state index is 11.5. The van der Waals surface area contributed by atoms with E-state index in [1.165, 1.54) is 83.5 Å². The topological polar surface area (TPSA) is 43.4 Å². The summed E-state index contributed by atoms with van der Waals surface area (Å²) in [7, 11) is 0. The van der Waals surface area contributed by atoms with Gasteiger partial charge in [0.05, 0.1) is 12.3 Å². The number of carbonyl (C=O) groups is 2. The largest absolute Gasteiger partial charge is 0.393 e. The van der Waals surface area contributed by atoms with Gasteiger partial charge in [-0.05, 0) is 19.8 Å². The molecular weight excluding hydrogens is 312 g/mol. The predicted molar refractivity (Wildman–Crippen MR) is 103 cm³/mol. The molecule has 0 aromatic rings. The second-order valence-electron chi connectivity index (χ2n) is 7.53. The van der Waals surface area contributed by atoms with Gasteiger partial charge >= 0.3 is 11.9 Å². The van der Waals surface area contributed by atoms with Crippen LogP contribution in [0.25, 0.3) is 0 Å². The van der Waals surface area contributed by atoms with Crippen LogP contribution in [0.4, 0.5) is 0 Å². The van der Waals surface area contributed by atoms with E-state index in [9.17, 15) is 9.59 Å². The smallest absolute Gasteiger partial charge is 0.321 e. The molecule has 0 amide bonds. The average molecular weight is 351 g/mol. The summed E-state index contributed by atoms with van der Waals surface area (Å²) in [5.41, 5.74) is 0.995. The second-order valence-corrected chi connectivity index (χ2v) is 7.53. The normalized spacial score (nSPS) is 18.0. The first kappa shape index (κ1) is 21.9. The molecule has 0 saturated carbocycles. The standard InChI is InChI=1S/C22H38O3/c1-3-4-5-6-7-8-9-10-11-12-13-14-15-16-17-19(2)20-18-21(23)25-22(20)24/h17,20H,3-16,18H2,1-2H3. The maximum Gasteiger partial charge on any atom is 0.321 e. The van der Waals surface area contributed by atoms with Gasteiger partial charge in [-0.25, -0.2) is 0 Å². The molecule has 0 N–H and O–H groups in total. The highest BCUT2D eigenvalue weighted by atomic mass is 16.6. The summed E-state index contributed by atoms with van der Waals surface area (Å²) in [6.07, 6.45) is 21.0. The molecule has 1 unspecified atom stereocenters. The molecule has 0 aromatic carbocycles. The number of allylic oxidation sites excluding steroid dienone is 1. The molecule has 1 aliphatic rings. The highest BCUT2D eigenvalue weighted by Gasteiger charge is 2.34. The molecule has 144 valence electrons. The van der Waals surface area contributed by atoms with Gasteiger partial charge in [0, 0.05) is 0 Å². The minimum atomic E-state index is -0.385. The Kier molecular flexibility index (Phi) is 12.4. The van der Waals surface area contributed by atoms with Gasteiger partial charge in [-0.15, -0.1) is 0 Å². The lowest BCUT2D eigenvalue weighted by Gasteiger charge is -2.05. The van der Waals surface area contributed by atoms with Crippen LogP contribution >= 0.6 is 0 Å². The number of unbranched alkanes of at least 4 members (excludes halogenated alkanes) is 13. The van der Waals surface area contributed by atoms with Crippen LogP contribution in [-0.4, -0.2) is 11.9 Å². The first-order chi connectivity index (χ1) is 12.1. The minimum absolute atomic E-state index is 0.222. The number of carbonyl (C=O) groups excluding carboxylic acids is 2. The third-order valence-corrected chi connectivity index (χ3v) is 5.19. The van der Waals surface area contributed by atoms with Crippen molar-refractivity contribution in [2.45, 2.75) is 110 Å². The fraction of sp³-hybridized carbons (Fsp3) is 0.818. The van der Waals surface area contributed by atoms with Crippen molar-refractivity contribution in [3.05, 3.63) is 11.6 Å². The zero-order chi connectivity index (χ0) is 18.3. The molecule has 0 aromatic heterocycles. The molecule has 0 aliphatic carbocycles. The SMILES string of the molecule is CCCCCCCCCCCCCCCC=C(C)C1CC(=O)OC1=O. The van der Waals surface area contributed by atoms with Gasteiger partial charge in [-0.3, -0.25) is 9.59 Å². The molecule has 1 fully saturated rings. The van der Waals surface area contributed by atoms with Crippen molar-refractivity contribution in [1.29, 1.82) is 0 Å². The summed E-state index contributed by atoms with van der Waals surface area (Å²) >= 11 is 0. The molecule has 0 radical (unpaired) electrons. The molecule has 0 bridgehead atoms. The minimum Gasteiger partial charge on any atom is -0.393 e. The number of hydrogen-bond acceptors (Lipinski definition) is 3. The van der Waals surface area contributed by atoms with Crippen molar-refractivity contribution in [2.75, 3.05) is 0 Å². The molecule has 1 rings (SSSR count). The summed E-state index contributed by atoms with van der Waals surface area (Å²) in [6, 6.07) is 0. The quantitative estimate of drug-likeness (QED) is 0.146. The van der Waals surface area contributed by atoms with Gasteiger partial charge in [0.25, 0.3) is 0 Å². The molecule has 1 heterocycles. The number of esters is 2. The van der Waals surface area contributed by atoms with Crippen molar-refractivity contribution in [3.63, 3.8) is 0 Å². The van der Waals surface area contributed by atoms with E-state index in [-0.39, 0.29) is 24.3 Å². The molecule has 3 heteroatoms. The Balaban J connectivity index is 1.88. The summed E-state index contributed by atoms with van der Waals surface area (Å²) < 4.78 is 4.60. The molecule has 0 spiro atoms. The number of cyclic esters (lactones) is 2. The molecule has 1 aliphatic heterocycles. The lowest BCUT2D eigenvalue weighted by atomic mass is 9.97. The van der Waals surface area contributed by atoms with Crippen LogP contribution < -0.4 is 0 Å². The van der Waals surface area contributed by atoms with Crippen LogP contribution in [0.5, 0.6) is 0 Å². The summed E-state index contributed by atoms with van der Waals surface area (Å²) in [5.74, 6) is -1.08. The van der Waals surface area contributed by atoms with Gasteiger partial charge in [-0.1, -0.05) is 95.6 Å². The predicted octanol–water partition coefficient (Wildman–Crippen LogP) is 6.50. The Labute approximate surface area is 154 Å². The number of rotatable bonds is 15. The average Bonchev–Trinajstić information content (AvgIpc) is 2.93. The van der Waals surface area contributed by atoms with Gasteiger partial charge in [0.1, 0.15) is 0 Å². The van der Waals surface area contributed by atoms with E-state index >= 15 is 0 Å². The summed E-state index contributed by atoms with van der Waals surface area (Å²) in [4.78, 5) is 22.6. The lowest BCUT2D eigenvalue weighted by Crippen LogP contribution is -2.08. The van der Waals surface area contributed by atoms with E-state index < -0.39 is 0 Å². The van der Waals surface area contributed by atoms with Crippen molar-refractivity contribution < 1.29 is 14.3 Å². The van der Waals surface area contributed by atoms with Gasteiger partial charge in [0.15, 0.2) is 0 Å². The zero-order valence-electron chi connectivity index (χ0n) is 16.5. The molecule has 1 saturated heterocycles. The van der Waals surface area contributed by atoms with E-state index in [1.54, 1.807) is 0 Å². The van der Waals surface area contributed by atoms with E-state index in [0.717, 1.165) is 12.0 Å². The van der Waals surface area contributed by atoms with Gasteiger partial charge < -0.3 is 4.74 Å². The van der Waals surface area contributed by atoms with Gasteiger partial charge in [0.2, 0.25) is 0 Å². The third-order valence-electron chi connectivity index (χ3n) is 5.19. The zero-order valence-corrected chi connectivity index (χ0v) is 16.5. The molecule has 3 nitrogen and oxygen atoms in total. The van der Waals surface area contributed by atoms with Crippen LogP contribution in [-0.2, 0) is 14.3 Å². The maximum absolute atomic E-state index is 11.5. The Morgan fingerprint density at radius 2 is 1.36 bits per heavy atom. The Morgan fingerprint density at radius 3 is 1.80 bits per heavy atom. The summed E-state index contributed by atoms with van der Waals surface area (Å²) in [6.45, 7) is 4.21. The Hall–Kier alpha value is -1.12. The monoisotopic (exact) mass is 350 g/mol. The van der Waals surface area contributed by atoms with E-state index in [1.807, 2.05) is 6.92 Å². The van der Waals surface area contributed by atoms with Crippen LogP contribution in [0, 0.1) is 5.92 Å². The second kappa shape index (κ2) is 14.1. The van der Waals surface area contributed by atoms with Crippen molar-refractivity contribution in [3.8, 4) is 0 Å². The lowest BCUT2D eigenvalue weighted by molar-refractivity contribution is -0.152. The highest BCUT2D eigenvalue weighted by molar-refractivity contribution is 5.96. The number of hydrogen-bond donors (Lipinski definition) is 0. The van der Waals surface area contributed by atoms with E-state index in [0.29, 0.717) is 0 Å². The fourth-order valence-electron chi connectivity index (χ4n) is 3.46. The third kappa shape index (κ3) is 10.5. The Morgan fingerprint density at radius 1 is 0.880 bits per heavy atom. The van der Waals surface area contributed by atoms with Crippen molar-refractivity contribution >= 4 is 11.9 Å². The number of ether oxygens (including phenoxy) is 1. The fourth-order valence-corrected chi connectivity index (χ4v) is 3.46. The van der Waals surface area contributed by atoms with Crippen molar-refractivity contribution in [1.82, 2.24) is 0 Å². The first-order valence-electron chi connectivity index (χ1n) is 10.6. The van der Waals surface area contributed by atoms with Crippen LogP contribution in [0.3, 0.4) is 0 Å². The highest BCUT2D eigenvalue weighted by Crippen LogP contribution is 2.24.